The Morgan fingerprint density at radius 1 is 1.03 bits per heavy atom. The molecule has 0 aliphatic rings. The number of pyridine rings is 1. The summed E-state index contributed by atoms with van der Waals surface area (Å²) in [6, 6.07) is 11.0. The summed E-state index contributed by atoms with van der Waals surface area (Å²) >= 11 is 12.1. The van der Waals surface area contributed by atoms with E-state index >= 15 is 0 Å². The number of fused-ring (bicyclic) bond motifs is 1. The lowest BCUT2D eigenvalue weighted by atomic mass is 10.1. The molecule has 3 rings (SSSR count). The second-order valence-corrected chi connectivity index (χ2v) is 10.8. The van der Waals surface area contributed by atoms with Gasteiger partial charge in [-0.1, -0.05) is 47.5 Å². The minimum Gasteiger partial charge on any atom is -0.460 e. The Balaban J connectivity index is 1.79. The SMILES string of the molecule is CC(C(=O)NC(CC(=O)OC(C)(C)C)C(O)COC(=O)c1c(Cl)cccc1Cl)n1ccc2ccccc2c1=O. The third-order valence-corrected chi connectivity index (χ3v) is 6.42. The first-order chi connectivity index (χ1) is 18.3. The molecule has 1 amide bonds. The molecule has 3 unspecified atom stereocenters. The van der Waals surface area contributed by atoms with Crippen molar-refractivity contribution >= 4 is 51.8 Å². The summed E-state index contributed by atoms with van der Waals surface area (Å²) in [5.41, 5.74) is -1.26. The molecule has 0 aliphatic carbocycles. The molecule has 0 saturated carbocycles. The first-order valence-electron chi connectivity index (χ1n) is 12.2. The first kappa shape index (κ1) is 30.1. The van der Waals surface area contributed by atoms with Crippen molar-refractivity contribution in [2.45, 2.75) is 57.9 Å². The second kappa shape index (κ2) is 12.6. The topological polar surface area (TPSA) is 124 Å². The number of halogens is 2. The fraction of sp³-hybridized carbons (Fsp3) is 0.357. The van der Waals surface area contributed by atoms with E-state index in [0.29, 0.717) is 5.39 Å². The maximum atomic E-state index is 13.2. The van der Waals surface area contributed by atoms with Gasteiger partial charge in [0.25, 0.3) is 5.56 Å². The molecule has 9 nitrogen and oxygen atoms in total. The maximum Gasteiger partial charge on any atom is 0.341 e. The molecule has 0 saturated heterocycles. The van der Waals surface area contributed by atoms with Gasteiger partial charge in [0.1, 0.15) is 24.4 Å². The van der Waals surface area contributed by atoms with E-state index in [9.17, 15) is 24.3 Å². The van der Waals surface area contributed by atoms with Gasteiger partial charge in [-0.25, -0.2) is 4.79 Å². The molecule has 0 radical (unpaired) electrons. The van der Waals surface area contributed by atoms with Gasteiger partial charge < -0.3 is 24.5 Å². The Labute approximate surface area is 235 Å². The van der Waals surface area contributed by atoms with Gasteiger partial charge in [-0.05, 0) is 57.3 Å². The van der Waals surface area contributed by atoms with Crippen LogP contribution in [0.3, 0.4) is 0 Å². The van der Waals surface area contributed by atoms with Crippen LogP contribution in [-0.4, -0.2) is 51.9 Å². The van der Waals surface area contributed by atoms with E-state index in [1.54, 1.807) is 57.2 Å². The molecule has 1 aromatic heterocycles. The molecule has 1 heterocycles. The molecule has 2 aromatic carbocycles. The van der Waals surface area contributed by atoms with Gasteiger partial charge >= 0.3 is 11.9 Å². The van der Waals surface area contributed by atoms with Crippen molar-refractivity contribution in [3.05, 3.63) is 80.7 Å². The van der Waals surface area contributed by atoms with E-state index in [1.165, 1.54) is 29.8 Å². The predicted molar refractivity (Wildman–Crippen MR) is 148 cm³/mol. The summed E-state index contributed by atoms with van der Waals surface area (Å²) in [5, 5.41) is 14.8. The third-order valence-electron chi connectivity index (χ3n) is 5.79. The Bertz CT molecular complexity index is 1410. The standard InChI is InChI=1S/C28H30Cl2N2O7/c1-16(32-13-12-17-8-5-6-9-18(17)26(32)36)25(35)31-21(14-23(34)39-28(2,3)4)22(33)15-38-27(37)24-19(29)10-7-11-20(24)30/h5-13,16,21-22,33H,14-15H2,1-4H3,(H,31,35). The van der Waals surface area contributed by atoms with Crippen molar-refractivity contribution in [3.8, 4) is 0 Å². The van der Waals surface area contributed by atoms with Crippen molar-refractivity contribution < 1.29 is 29.0 Å². The van der Waals surface area contributed by atoms with Gasteiger partial charge in [-0.3, -0.25) is 14.4 Å². The van der Waals surface area contributed by atoms with E-state index in [4.69, 9.17) is 32.7 Å². The van der Waals surface area contributed by atoms with Gasteiger partial charge in [0.2, 0.25) is 5.91 Å². The van der Waals surface area contributed by atoms with E-state index in [2.05, 4.69) is 5.32 Å². The number of hydrogen-bond donors (Lipinski definition) is 2. The van der Waals surface area contributed by atoms with Crippen LogP contribution in [-0.2, 0) is 19.1 Å². The Morgan fingerprint density at radius 2 is 1.67 bits per heavy atom. The van der Waals surface area contributed by atoms with Crippen molar-refractivity contribution in [2.75, 3.05) is 6.61 Å². The van der Waals surface area contributed by atoms with Crippen LogP contribution >= 0.6 is 23.2 Å². The monoisotopic (exact) mass is 576 g/mol. The Morgan fingerprint density at radius 3 is 2.31 bits per heavy atom. The van der Waals surface area contributed by atoms with E-state index in [0.717, 1.165) is 5.39 Å². The van der Waals surface area contributed by atoms with E-state index < -0.39 is 54.7 Å². The summed E-state index contributed by atoms with van der Waals surface area (Å²) in [6.07, 6.45) is -0.427. The van der Waals surface area contributed by atoms with Gasteiger partial charge in [0.15, 0.2) is 0 Å². The number of esters is 2. The third kappa shape index (κ3) is 7.81. The van der Waals surface area contributed by atoms with Crippen LogP contribution in [0, 0.1) is 0 Å². The summed E-state index contributed by atoms with van der Waals surface area (Å²) in [5.74, 6) is -2.22. The molecule has 3 atom stereocenters. The van der Waals surface area contributed by atoms with Crippen molar-refractivity contribution in [2.24, 2.45) is 0 Å². The summed E-state index contributed by atoms with van der Waals surface area (Å²) in [7, 11) is 0. The smallest absolute Gasteiger partial charge is 0.341 e. The molecule has 3 aromatic rings. The number of nitrogens with one attached hydrogen (secondary N) is 1. The molecule has 0 fully saturated rings. The van der Waals surface area contributed by atoms with Gasteiger partial charge in [-0.2, -0.15) is 0 Å². The minimum absolute atomic E-state index is 0.0650. The highest BCUT2D eigenvalue weighted by Gasteiger charge is 2.30. The molecule has 0 aliphatic heterocycles. The number of rotatable bonds is 9. The second-order valence-electron chi connectivity index (χ2n) is 9.96. The van der Waals surface area contributed by atoms with Gasteiger partial charge in [-0.15, -0.1) is 0 Å². The van der Waals surface area contributed by atoms with Gasteiger partial charge in [0, 0.05) is 11.6 Å². The maximum absolute atomic E-state index is 13.2. The molecule has 11 heteroatoms. The number of amides is 1. The zero-order valence-electron chi connectivity index (χ0n) is 21.9. The van der Waals surface area contributed by atoms with Crippen molar-refractivity contribution in [1.82, 2.24) is 9.88 Å². The van der Waals surface area contributed by atoms with Crippen LogP contribution in [0.5, 0.6) is 0 Å². The fourth-order valence-electron chi connectivity index (χ4n) is 3.83. The van der Waals surface area contributed by atoms with Gasteiger partial charge in [0.05, 0.1) is 28.1 Å². The molecule has 0 bridgehead atoms. The number of nitrogens with zero attached hydrogens (tertiary/aromatic N) is 1. The van der Waals surface area contributed by atoms with Crippen LogP contribution in [0.4, 0.5) is 0 Å². The largest absolute Gasteiger partial charge is 0.460 e. The molecule has 208 valence electrons. The van der Waals surface area contributed by atoms with Crippen LogP contribution in [0.15, 0.2) is 59.5 Å². The van der Waals surface area contributed by atoms with E-state index in [1.807, 2.05) is 0 Å². The van der Waals surface area contributed by atoms with E-state index in [-0.39, 0.29) is 21.2 Å². The van der Waals surface area contributed by atoms with Crippen LogP contribution in [0.1, 0.15) is 50.5 Å². The number of carbonyl (C=O) groups is 3. The number of aliphatic hydroxyl groups excluding tert-OH is 1. The Kier molecular flexibility index (Phi) is 9.77. The lowest BCUT2D eigenvalue weighted by Gasteiger charge is -2.27. The predicted octanol–water partition coefficient (Wildman–Crippen LogP) is 4.30. The van der Waals surface area contributed by atoms with Crippen LogP contribution in [0.2, 0.25) is 10.0 Å². The Hall–Kier alpha value is -3.40. The van der Waals surface area contributed by atoms with Crippen molar-refractivity contribution in [3.63, 3.8) is 0 Å². The van der Waals surface area contributed by atoms with Crippen molar-refractivity contribution in [1.29, 1.82) is 0 Å². The number of carbonyl (C=O) groups excluding carboxylic acids is 3. The summed E-state index contributed by atoms with van der Waals surface area (Å²) in [4.78, 5) is 51.3. The lowest BCUT2D eigenvalue weighted by molar-refractivity contribution is -0.156. The molecule has 39 heavy (non-hydrogen) atoms. The highest BCUT2D eigenvalue weighted by atomic mass is 35.5. The molecular weight excluding hydrogens is 547 g/mol. The molecule has 2 N–H and O–H groups in total. The molecule has 0 spiro atoms. The first-order valence-corrected chi connectivity index (χ1v) is 13.0. The normalized spacial score (nSPS) is 13.8. The quantitative estimate of drug-likeness (QED) is 0.364. The van der Waals surface area contributed by atoms with Crippen LogP contribution in [0.25, 0.3) is 10.8 Å². The lowest BCUT2D eigenvalue weighted by Crippen LogP contribution is -2.49. The molecular formula is C28H30Cl2N2O7. The number of hydrogen-bond acceptors (Lipinski definition) is 7. The number of aromatic nitrogens is 1. The number of benzene rings is 2. The average Bonchev–Trinajstić information content (AvgIpc) is 2.85. The zero-order chi connectivity index (χ0) is 28.9. The minimum atomic E-state index is -1.51. The van der Waals surface area contributed by atoms with Crippen LogP contribution < -0.4 is 10.9 Å². The zero-order valence-corrected chi connectivity index (χ0v) is 23.5. The number of aliphatic hydroxyl groups is 1. The fourth-order valence-corrected chi connectivity index (χ4v) is 4.38. The summed E-state index contributed by atoms with van der Waals surface area (Å²) < 4.78 is 11.8. The highest BCUT2D eigenvalue weighted by molar-refractivity contribution is 6.39. The average molecular weight is 577 g/mol. The summed E-state index contributed by atoms with van der Waals surface area (Å²) in [6.45, 7) is 5.97. The number of ether oxygens (including phenoxy) is 2. The highest BCUT2D eigenvalue weighted by Crippen LogP contribution is 2.25.